The highest BCUT2D eigenvalue weighted by molar-refractivity contribution is 5.53. The number of hydrogen-bond donors (Lipinski definition) is 1. The van der Waals surface area contributed by atoms with Gasteiger partial charge in [-0.2, -0.15) is 0 Å². The summed E-state index contributed by atoms with van der Waals surface area (Å²) in [6, 6.07) is 12.4. The summed E-state index contributed by atoms with van der Waals surface area (Å²) in [4.78, 5) is 4.11. The van der Waals surface area contributed by atoms with E-state index in [1.54, 1.807) is 6.20 Å². The molecule has 0 bridgehead atoms. The van der Waals surface area contributed by atoms with Crippen molar-refractivity contribution in [2.75, 3.05) is 6.61 Å². The number of aromatic nitrogens is 1. The Morgan fingerprint density at radius 2 is 1.94 bits per heavy atom. The fraction of sp³-hybridized carbons (Fsp3) is 0.188. The lowest BCUT2D eigenvalue weighted by Crippen LogP contribution is -1.89. The van der Waals surface area contributed by atoms with Crippen LogP contribution in [0, 0.1) is 0 Å². The van der Waals surface area contributed by atoms with Crippen LogP contribution in [-0.2, 0) is 6.42 Å². The molecular weight excluding hydrogens is 222 g/mol. The third kappa shape index (κ3) is 3.54. The highest BCUT2D eigenvalue weighted by Gasteiger charge is 1.96. The third-order valence-electron chi connectivity index (χ3n) is 2.77. The van der Waals surface area contributed by atoms with E-state index in [0.29, 0.717) is 0 Å². The van der Waals surface area contributed by atoms with Gasteiger partial charge in [0.25, 0.3) is 0 Å². The average Bonchev–Trinajstić information content (AvgIpc) is 2.42. The van der Waals surface area contributed by atoms with Crippen molar-refractivity contribution in [2.45, 2.75) is 13.3 Å². The third-order valence-corrected chi connectivity index (χ3v) is 2.77. The van der Waals surface area contributed by atoms with Gasteiger partial charge in [0.15, 0.2) is 0 Å². The maximum Gasteiger partial charge on any atom is 0.0642 e. The molecule has 0 spiro atoms. The standard InChI is InChI=1S/C16H17NO/c1-13(12-18)9-14-4-6-15(7-5-14)10-16-3-2-8-17-11-16/h2-9,11,18H,10,12H2,1H3/b13-9+. The first-order chi connectivity index (χ1) is 8.78. The first kappa shape index (κ1) is 12.5. The van der Waals surface area contributed by atoms with E-state index >= 15 is 0 Å². The molecule has 0 atom stereocenters. The molecule has 18 heavy (non-hydrogen) atoms. The Kier molecular flexibility index (Phi) is 4.26. The van der Waals surface area contributed by atoms with E-state index in [1.807, 2.05) is 25.3 Å². The van der Waals surface area contributed by atoms with E-state index in [0.717, 1.165) is 17.6 Å². The van der Waals surface area contributed by atoms with Crippen LogP contribution in [-0.4, -0.2) is 16.7 Å². The zero-order valence-corrected chi connectivity index (χ0v) is 10.5. The van der Waals surface area contributed by atoms with Crippen LogP contribution in [0.2, 0.25) is 0 Å². The van der Waals surface area contributed by atoms with Gasteiger partial charge >= 0.3 is 0 Å². The Morgan fingerprint density at radius 3 is 2.56 bits per heavy atom. The Labute approximate surface area is 108 Å². The molecule has 0 amide bonds. The molecule has 2 aromatic rings. The monoisotopic (exact) mass is 239 g/mol. The Hall–Kier alpha value is -1.93. The molecule has 2 rings (SSSR count). The van der Waals surface area contributed by atoms with Gasteiger partial charge < -0.3 is 5.11 Å². The van der Waals surface area contributed by atoms with Crippen LogP contribution in [0.1, 0.15) is 23.6 Å². The van der Waals surface area contributed by atoms with Crippen molar-refractivity contribution in [1.29, 1.82) is 0 Å². The van der Waals surface area contributed by atoms with Gasteiger partial charge in [-0.3, -0.25) is 4.98 Å². The van der Waals surface area contributed by atoms with Crippen LogP contribution in [0.25, 0.3) is 6.08 Å². The lowest BCUT2D eigenvalue weighted by Gasteiger charge is -2.02. The van der Waals surface area contributed by atoms with E-state index in [1.165, 1.54) is 11.1 Å². The van der Waals surface area contributed by atoms with Crippen molar-refractivity contribution in [3.63, 3.8) is 0 Å². The predicted octanol–water partition coefficient (Wildman–Crippen LogP) is 3.07. The molecular formula is C16H17NO. The Balaban J connectivity index is 2.09. The minimum absolute atomic E-state index is 0.109. The highest BCUT2D eigenvalue weighted by Crippen LogP contribution is 2.12. The SMILES string of the molecule is C/C(=C\c1ccc(Cc2cccnc2)cc1)CO. The normalized spacial score (nSPS) is 11.6. The fourth-order valence-electron chi connectivity index (χ4n) is 1.80. The van der Waals surface area contributed by atoms with Crippen LogP contribution >= 0.6 is 0 Å². The minimum Gasteiger partial charge on any atom is -0.392 e. The average molecular weight is 239 g/mol. The number of rotatable bonds is 4. The van der Waals surface area contributed by atoms with Gasteiger partial charge in [0.2, 0.25) is 0 Å². The van der Waals surface area contributed by atoms with Gasteiger partial charge in [-0.05, 0) is 41.7 Å². The summed E-state index contributed by atoms with van der Waals surface area (Å²) >= 11 is 0. The zero-order valence-electron chi connectivity index (χ0n) is 10.5. The molecule has 0 fully saturated rings. The number of aliphatic hydroxyl groups excluding tert-OH is 1. The molecule has 0 aliphatic heterocycles. The van der Waals surface area contributed by atoms with Crippen molar-refractivity contribution < 1.29 is 5.11 Å². The molecule has 0 unspecified atom stereocenters. The summed E-state index contributed by atoms with van der Waals surface area (Å²) in [5.41, 5.74) is 4.57. The summed E-state index contributed by atoms with van der Waals surface area (Å²) in [7, 11) is 0. The number of pyridine rings is 1. The molecule has 92 valence electrons. The topological polar surface area (TPSA) is 33.1 Å². The Morgan fingerprint density at radius 1 is 1.17 bits per heavy atom. The number of hydrogen-bond acceptors (Lipinski definition) is 2. The van der Waals surface area contributed by atoms with Crippen molar-refractivity contribution >= 4 is 6.08 Å². The molecule has 0 aliphatic rings. The summed E-state index contributed by atoms with van der Waals surface area (Å²) in [6.45, 7) is 2.03. The minimum atomic E-state index is 0.109. The molecule has 2 nitrogen and oxygen atoms in total. The largest absolute Gasteiger partial charge is 0.392 e. The van der Waals surface area contributed by atoms with E-state index in [2.05, 4.69) is 35.3 Å². The summed E-state index contributed by atoms with van der Waals surface area (Å²) in [5.74, 6) is 0. The lowest BCUT2D eigenvalue weighted by molar-refractivity contribution is 0.332. The molecule has 0 saturated heterocycles. The van der Waals surface area contributed by atoms with Crippen molar-refractivity contribution in [2.24, 2.45) is 0 Å². The van der Waals surface area contributed by atoms with Crippen molar-refractivity contribution in [3.05, 3.63) is 71.1 Å². The van der Waals surface area contributed by atoms with E-state index in [9.17, 15) is 0 Å². The second kappa shape index (κ2) is 6.12. The van der Waals surface area contributed by atoms with Gasteiger partial charge in [-0.15, -0.1) is 0 Å². The maximum atomic E-state index is 8.97. The Bertz CT molecular complexity index is 515. The van der Waals surface area contributed by atoms with Crippen molar-refractivity contribution in [1.82, 2.24) is 4.98 Å². The smallest absolute Gasteiger partial charge is 0.0642 e. The molecule has 1 heterocycles. The van der Waals surface area contributed by atoms with Crippen LogP contribution in [0.5, 0.6) is 0 Å². The highest BCUT2D eigenvalue weighted by atomic mass is 16.3. The molecule has 1 N–H and O–H groups in total. The predicted molar refractivity (Wildman–Crippen MR) is 74.2 cm³/mol. The molecule has 2 heteroatoms. The van der Waals surface area contributed by atoms with Gasteiger partial charge in [0.05, 0.1) is 6.61 Å². The van der Waals surface area contributed by atoms with Crippen molar-refractivity contribution in [3.8, 4) is 0 Å². The molecule has 1 aromatic heterocycles. The lowest BCUT2D eigenvalue weighted by atomic mass is 10.0. The summed E-state index contributed by atoms with van der Waals surface area (Å²) in [5, 5.41) is 8.97. The quantitative estimate of drug-likeness (QED) is 0.889. The number of benzene rings is 1. The molecule has 1 aromatic carbocycles. The van der Waals surface area contributed by atoms with Gasteiger partial charge in [-0.25, -0.2) is 0 Å². The first-order valence-corrected chi connectivity index (χ1v) is 6.04. The molecule has 0 saturated carbocycles. The summed E-state index contributed by atoms with van der Waals surface area (Å²) in [6.07, 6.45) is 6.57. The van der Waals surface area contributed by atoms with E-state index in [-0.39, 0.29) is 6.61 Å². The van der Waals surface area contributed by atoms with E-state index < -0.39 is 0 Å². The molecule has 0 radical (unpaired) electrons. The van der Waals surface area contributed by atoms with E-state index in [4.69, 9.17) is 5.11 Å². The second-order valence-electron chi connectivity index (χ2n) is 4.43. The van der Waals surface area contributed by atoms with Crippen LogP contribution in [0.4, 0.5) is 0 Å². The van der Waals surface area contributed by atoms with Gasteiger partial charge in [0.1, 0.15) is 0 Å². The van der Waals surface area contributed by atoms with Crippen LogP contribution in [0.3, 0.4) is 0 Å². The zero-order chi connectivity index (χ0) is 12.8. The van der Waals surface area contributed by atoms with Crippen LogP contribution < -0.4 is 0 Å². The summed E-state index contributed by atoms with van der Waals surface area (Å²) < 4.78 is 0. The van der Waals surface area contributed by atoms with Gasteiger partial charge in [0, 0.05) is 12.4 Å². The number of nitrogens with zero attached hydrogens (tertiary/aromatic N) is 1. The second-order valence-corrected chi connectivity index (χ2v) is 4.43. The molecule has 0 aliphatic carbocycles. The first-order valence-electron chi connectivity index (χ1n) is 6.04. The number of aliphatic hydroxyl groups is 1. The fourth-order valence-corrected chi connectivity index (χ4v) is 1.80. The van der Waals surface area contributed by atoms with Gasteiger partial charge in [-0.1, -0.05) is 36.4 Å². The maximum absolute atomic E-state index is 8.97. The van der Waals surface area contributed by atoms with Crippen LogP contribution in [0.15, 0.2) is 54.4 Å².